The van der Waals surface area contributed by atoms with Crippen molar-refractivity contribution in [1.82, 2.24) is 9.88 Å². The highest BCUT2D eigenvalue weighted by atomic mass is 16.3. The lowest BCUT2D eigenvalue weighted by molar-refractivity contribution is 0.174. The van der Waals surface area contributed by atoms with Gasteiger partial charge in [0, 0.05) is 25.3 Å². The topological polar surface area (TPSA) is 36.4 Å². The lowest BCUT2D eigenvalue weighted by Gasteiger charge is -2.14. The largest absolute Gasteiger partial charge is 0.392 e. The Hall–Kier alpha value is -0.930. The highest BCUT2D eigenvalue weighted by molar-refractivity contribution is 5.09. The van der Waals surface area contributed by atoms with Gasteiger partial charge < -0.3 is 5.11 Å². The highest BCUT2D eigenvalue weighted by Gasteiger charge is 2.20. The third kappa shape index (κ3) is 2.30. The Morgan fingerprint density at radius 1 is 1.57 bits per heavy atom. The van der Waals surface area contributed by atoms with Crippen molar-refractivity contribution < 1.29 is 5.11 Å². The third-order valence-corrected chi connectivity index (χ3v) is 2.58. The van der Waals surface area contributed by atoms with Crippen LogP contribution in [-0.4, -0.2) is 34.2 Å². The molecule has 76 valence electrons. The molecule has 1 unspecified atom stereocenters. The smallest absolute Gasteiger partial charge is 0.0679 e. The fourth-order valence-corrected chi connectivity index (χ4v) is 1.87. The van der Waals surface area contributed by atoms with E-state index in [1.165, 1.54) is 0 Å². The Balaban J connectivity index is 1.97. The standard InChI is InChI=1S/C11H16N2O/c1-9-3-2-4-10(12-9)7-13-6-5-11(14)8-13/h2-4,11,14H,5-8H2,1H3. The summed E-state index contributed by atoms with van der Waals surface area (Å²) in [4.78, 5) is 6.68. The Labute approximate surface area is 84.4 Å². The molecule has 0 aliphatic carbocycles. The predicted octanol–water partition coefficient (Wildman–Crippen LogP) is 0.957. The van der Waals surface area contributed by atoms with E-state index >= 15 is 0 Å². The van der Waals surface area contributed by atoms with Crippen LogP contribution in [0.3, 0.4) is 0 Å². The Kier molecular flexibility index (Phi) is 2.79. The van der Waals surface area contributed by atoms with E-state index in [2.05, 4.69) is 9.88 Å². The molecule has 0 radical (unpaired) electrons. The van der Waals surface area contributed by atoms with Crippen molar-refractivity contribution in [2.24, 2.45) is 0 Å². The molecule has 0 aromatic carbocycles. The van der Waals surface area contributed by atoms with E-state index in [4.69, 9.17) is 0 Å². The number of hydrogen-bond donors (Lipinski definition) is 1. The molecule has 0 saturated carbocycles. The summed E-state index contributed by atoms with van der Waals surface area (Å²) >= 11 is 0. The molecule has 1 N–H and O–H groups in total. The van der Waals surface area contributed by atoms with E-state index in [0.717, 1.165) is 37.4 Å². The van der Waals surface area contributed by atoms with Crippen LogP contribution in [0, 0.1) is 6.92 Å². The maximum Gasteiger partial charge on any atom is 0.0679 e. The Morgan fingerprint density at radius 2 is 2.43 bits per heavy atom. The van der Waals surface area contributed by atoms with Crippen LogP contribution in [-0.2, 0) is 6.54 Å². The molecule has 1 saturated heterocycles. The quantitative estimate of drug-likeness (QED) is 0.758. The van der Waals surface area contributed by atoms with Crippen molar-refractivity contribution >= 4 is 0 Å². The molecular formula is C11H16N2O. The zero-order valence-corrected chi connectivity index (χ0v) is 8.48. The normalized spacial score (nSPS) is 22.9. The van der Waals surface area contributed by atoms with Crippen molar-refractivity contribution in [2.45, 2.75) is 26.0 Å². The van der Waals surface area contributed by atoms with Crippen molar-refractivity contribution in [3.63, 3.8) is 0 Å². The van der Waals surface area contributed by atoms with E-state index in [0.29, 0.717) is 0 Å². The van der Waals surface area contributed by atoms with Gasteiger partial charge in [-0.05, 0) is 25.5 Å². The minimum Gasteiger partial charge on any atom is -0.392 e. The number of aliphatic hydroxyl groups is 1. The van der Waals surface area contributed by atoms with Crippen LogP contribution in [0.2, 0.25) is 0 Å². The molecule has 14 heavy (non-hydrogen) atoms. The lowest BCUT2D eigenvalue weighted by atomic mass is 10.3. The second kappa shape index (κ2) is 4.07. The van der Waals surface area contributed by atoms with Gasteiger partial charge in [0.25, 0.3) is 0 Å². The number of aromatic nitrogens is 1. The van der Waals surface area contributed by atoms with Crippen LogP contribution in [0.1, 0.15) is 17.8 Å². The minimum atomic E-state index is -0.139. The van der Waals surface area contributed by atoms with E-state index in [-0.39, 0.29) is 6.10 Å². The molecule has 0 bridgehead atoms. The first-order valence-electron chi connectivity index (χ1n) is 5.07. The van der Waals surface area contributed by atoms with Gasteiger partial charge in [-0.15, -0.1) is 0 Å². The van der Waals surface area contributed by atoms with Gasteiger partial charge in [0.15, 0.2) is 0 Å². The van der Waals surface area contributed by atoms with Crippen molar-refractivity contribution in [2.75, 3.05) is 13.1 Å². The number of likely N-dealkylation sites (tertiary alicyclic amines) is 1. The molecule has 1 aromatic heterocycles. The summed E-state index contributed by atoms with van der Waals surface area (Å²) in [5.74, 6) is 0. The molecule has 2 rings (SSSR count). The summed E-state index contributed by atoms with van der Waals surface area (Å²) in [7, 11) is 0. The fraction of sp³-hybridized carbons (Fsp3) is 0.545. The molecule has 3 heteroatoms. The zero-order chi connectivity index (χ0) is 9.97. The number of rotatable bonds is 2. The SMILES string of the molecule is Cc1cccc(CN2CCC(O)C2)n1. The lowest BCUT2D eigenvalue weighted by Crippen LogP contribution is -2.22. The van der Waals surface area contributed by atoms with Gasteiger partial charge >= 0.3 is 0 Å². The first-order valence-corrected chi connectivity index (χ1v) is 5.07. The van der Waals surface area contributed by atoms with Gasteiger partial charge in [-0.2, -0.15) is 0 Å². The van der Waals surface area contributed by atoms with E-state index in [9.17, 15) is 5.11 Å². The molecular weight excluding hydrogens is 176 g/mol. The monoisotopic (exact) mass is 192 g/mol. The average Bonchev–Trinajstić information content (AvgIpc) is 2.51. The summed E-state index contributed by atoms with van der Waals surface area (Å²) in [5, 5.41) is 9.37. The van der Waals surface area contributed by atoms with Crippen molar-refractivity contribution in [3.05, 3.63) is 29.6 Å². The zero-order valence-electron chi connectivity index (χ0n) is 8.48. The highest BCUT2D eigenvalue weighted by Crippen LogP contribution is 2.12. The number of nitrogens with zero attached hydrogens (tertiary/aromatic N) is 2. The molecule has 1 atom stereocenters. The summed E-state index contributed by atoms with van der Waals surface area (Å²) in [6, 6.07) is 6.07. The van der Waals surface area contributed by atoms with Gasteiger partial charge in [0.05, 0.1) is 11.8 Å². The molecule has 0 spiro atoms. The molecule has 1 aromatic rings. The number of aliphatic hydroxyl groups excluding tert-OH is 1. The Bertz CT molecular complexity index is 314. The second-order valence-electron chi connectivity index (χ2n) is 3.95. The number of hydrogen-bond acceptors (Lipinski definition) is 3. The maximum atomic E-state index is 9.37. The van der Waals surface area contributed by atoms with E-state index < -0.39 is 0 Å². The molecule has 2 heterocycles. The number of aryl methyl sites for hydroxylation is 1. The average molecular weight is 192 g/mol. The van der Waals surface area contributed by atoms with Gasteiger partial charge in [-0.1, -0.05) is 6.07 Å². The minimum absolute atomic E-state index is 0.139. The molecule has 1 aliphatic heterocycles. The van der Waals surface area contributed by atoms with Crippen LogP contribution in [0.5, 0.6) is 0 Å². The summed E-state index contributed by atoms with van der Waals surface area (Å²) < 4.78 is 0. The molecule has 0 amide bonds. The first-order chi connectivity index (χ1) is 6.74. The summed E-state index contributed by atoms with van der Waals surface area (Å²) in [6.07, 6.45) is 0.756. The van der Waals surface area contributed by atoms with Crippen LogP contribution in [0.15, 0.2) is 18.2 Å². The van der Waals surface area contributed by atoms with Crippen molar-refractivity contribution in [3.8, 4) is 0 Å². The van der Waals surface area contributed by atoms with E-state index in [1.54, 1.807) is 0 Å². The third-order valence-electron chi connectivity index (χ3n) is 2.58. The van der Waals surface area contributed by atoms with Crippen LogP contribution >= 0.6 is 0 Å². The predicted molar refractivity (Wildman–Crippen MR) is 54.9 cm³/mol. The molecule has 1 aliphatic rings. The first kappa shape index (κ1) is 9.62. The second-order valence-corrected chi connectivity index (χ2v) is 3.95. The van der Waals surface area contributed by atoms with Crippen molar-refractivity contribution in [1.29, 1.82) is 0 Å². The number of β-amino-alcohol motifs (C(OH)–C–C–N with tert-alkyl or cyclic N) is 1. The van der Waals surface area contributed by atoms with Gasteiger partial charge in [-0.3, -0.25) is 9.88 Å². The van der Waals surface area contributed by atoms with Crippen LogP contribution in [0.4, 0.5) is 0 Å². The Morgan fingerprint density at radius 3 is 3.07 bits per heavy atom. The van der Waals surface area contributed by atoms with Crippen LogP contribution < -0.4 is 0 Å². The van der Waals surface area contributed by atoms with Crippen LogP contribution in [0.25, 0.3) is 0 Å². The summed E-state index contributed by atoms with van der Waals surface area (Å²) in [6.45, 7) is 4.63. The fourth-order valence-electron chi connectivity index (χ4n) is 1.87. The molecule has 1 fully saturated rings. The van der Waals surface area contributed by atoms with Gasteiger partial charge in [-0.25, -0.2) is 0 Å². The van der Waals surface area contributed by atoms with E-state index in [1.807, 2.05) is 25.1 Å². The molecule has 3 nitrogen and oxygen atoms in total. The maximum absolute atomic E-state index is 9.37. The summed E-state index contributed by atoms with van der Waals surface area (Å²) in [5.41, 5.74) is 2.15. The number of pyridine rings is 1. The van der Waals surface area contributed by atoms with Gasteiger partial charge in [0.1, 0.15) is 0 Å². The van der Waals surface area contributed by atoms with Gasteiger partial charge in [0.2, 0.25) is 0 Å².